The molecule has 2 atom stereocenters. The zero-order valence-electron chi connectivity index (χ0n) is 17.0. The maximum absolute atomic E-state index is 13.3. The van der Waals surface area contributed by atoms with Crippen LogP contribution in [0, 0.1) is 11.3 Å². The minimum Gasteiger partial charge on any atom is -0.310 e. The molecule has 1 unspecified atom stereocenters. The molecule has 5 nitrogen and oxygen atoms in total. The number of carbonyl (C=O) groups excluding carboxylic acids is 2. The van der Waals surface area contributed by atoms with E-state index in [9.17, 15) is 9.59 Å². The molecule has 1 aromatic heterocycles. The van der Waals surface area contributed by atoms with Crippen LogP contribution in [0.2, 0.25) is 0 Å². The summed E-state index contributed by atoms with van der Waals surface area (Å²) in [7, 11) is 0. The standard InChI is InChI=1S/C24H25N3O2/c1-15-20(23(29)27-19-11-7-8-12-25-19)21(16-9-5-4-6-10-16)22-17(26-15)13-24(2,3)14-18(22)28/h4-12,20-21H,13-14H2,1-3H3,(H,25,27,29)/t20?,21-/m0/s1. The molecule has 0 fully saturated rings. The summed E-state index contributed by atoms with van der Waals surface area (Å²) in [5.74, 6) is -0.493. The SMILES string of the molecule is CC1=NC2=C(C(=O)CC(C)(C)C2)[C@@H](c2ccccc2)C1C(=O)Nc1ccccn1. The van der Waals surface area contributed by atoms with Crippen LogP contribution < -0.4 is 5.32 Å². The molecular formula is C24H25N3O2. The van der Waals surface area contributed by atoms with Crippen molar-refractivity contribution in [3.05, 3.63) is 71.6 Å². The van der Waals surface area contributed by atoms with Gasteiger partial charge in [0.1, 0.15) is 5.82 Å². The van der Waals surface area contributed by atoms with Gasteiger partial charge in [-0.1, -0.05) is 50.2 Å². The number of benzene rings is 1. The van der Waals surface area contributed by atoms with Crippen LogP contribution in [0.1, 0.15) is 45.1 Å². The lowest BCUT2D eigenvalue weighted by Crippen LogP contribution is -2.41. The second kappa shape index (κ2) is 7.39. The van der Waals surface area contributed by atoms with Gasteiger partial charge in [0, 0.05) is 35.5 Å². The molecule has 0 spiro atoms. The molecule has 148 valence electrons. The Morgan fingerprint density at radius 3 is 2.48 bits per heavy atom. The van der Waals surface area contributed by atoms with Crippen molar-refractivity contribution in [3.8, 4) is 0 Å². The highest BCUT2D eigenvalue weighted by Crippen LogP contribution is 2.47. The fraction of sp³-hybridized carbons (Fsp3) is 0.333. The van der Waals surface area contributed by atoms with Crippen molar-refractivity contribution in [2.45, 2.75) is 39.5 Å². The Kier molecular flexibility index (Phi) is 4.91. The zero-order valence-corrected chi connectivity index (χ0v) is 17.0. The third kappa shape index (κ3) is 3.77. The van der Waals surface area contributed by atoms with Gasteiger partial charge in [-0.3, -0.25) is 14.6 Å². The Balaban J connectivity index is 1.79. The third-order valence-corrected chi connectivity index (χ3v) is 5.66. The van der Waals surface area contributed by atoms with E-state index in [0.29, 0.717) is 17.8 Å². The number of anilines is 1. The quantitative estimate of drug-likeness (QED) is 0.840. The van der Waals surface area contributed by atoms with Gasteiger partial charge in [0.15, 0.2) is 5.78 Å². The molecular weight excluding hydrogens is 362 g/mol. The Morgan fingerprint density at radius 2 is 1.79 bits per heavy atom. The minimum atomic E-state index is -0.552. The van der Waals surface area contributed by atoms with E-state index < -0.39 is 5.92 Å². The smallest absolute Gasteiger partial charge is 0.235 e. The number of aliphatic imine (C=N–C) groups is 1. The Labute approximate surface area is 171 Å². The first-order chi connectivity index (χ1) is 13.9. The molecule has 1 aliphatic carbocycles. The number of aromatic nitrogens is 1. The van der Waals surface area contributed by atoms with E-state index in [1.54, 1.807) is 18.3 Å². The van der Waals surface area contributed by atoms with Crippen LogP contribution in [0.3, 0.4) is 0 Å². The van der Waals surface area contributed by atoms with Gasteiger partial charge in [-0.25, -0.2) is 4.98 Å². The second-order valence-corrected chi connectivity index (χ2v) is 8.62. The zero-order chi connectivity index (χ0) is 20.6. The lowest BCUT2D eigenvalue weighted by Gasteiger charge is -2.39. The number of ketones is 1. The van der Waals surface area contributed by atoms with Crippen molar-refractivity contribution < 1.29 is 9.59 Å². The number of allylic oxidation sites excluding steroid dienone is 2. The molecule has 1 N–H and O–H groups in total. The molecule has 0 bridgehead atoms. The molecule has 2 heterocycles. The van der Waals surface area contributed by atoms with Crippen LogP contribution in [-0.4, -0.2) is 22.4 Å². The van der Waals surface area contributed by atoms with Gasteiger partial charge in [0.25, 0.3) is 0 Å². The highest BCUT2D eigenvalue weighted by molar-refractivity contribution is 6.13. The fourth-order valence-electron chi connectivity index (χ4n) is 4.45. The van der Waals surface area contributed by atoms with Gasteiger partial charge in [-0.05, 0) is 36.5 Å². The van der Waals surface area contributed by atoms with Crippen LogP contribution in [0.5, 0.6) is 0 Å². The van der Waals surface area contributed by atoms with E-state index in [-0.39, 0.29) is 23.0 Å². The van der Waals surface area contributed by atoms with Crippen molar-refractivity contribution in [1.82, 2.24) is 4.98 Å². The number of hydrogen-bond donors (Lipinski definition) is 1. The lowest BCUT2D eigenvalue weighted by molar-refractivity contribution is -0.119. The Morgan fingerprint density at radius 1 is 1.07 bits per heavy atom. The van der Waals surface area contributed by atoms with Gasteiger partial charge in [0.05, 0.1) is 5.92 Å². The summed E-state index contributed by atoms with van der Waals surface area (Å²) in [5.41, 5.74) is 3.10. The fourth-order valence-corrected chi connectivity index (χ4v) is 4.45. The molecule has 0 saturated heterocycles. The Bertz CT molecular complexity index is 1010. The van der Waals surface area contributed by atoms with Crippen LogP contribution in [0.15, 0.2) is 71.0 Å². The topological polar surface area (TPSA) is 71.4 Å². The highest BCUT2D eigenvalue weighted by Gasteiger charge is 2.45. The number of rotatable bonds is 3. The summed E-state index contributed by atoms with van der Waals surface area (Å²) >= 11 is 0. The predicted octanol–water partition coefficient (Wildman–Crippen LogP) is 4.54. The van der Waals surface area contributed by atoms with E-state index in [4.69, 9.17) is 4.99 Å². The summed E-state index contributed by atoms with van der Waals surface area (Å²) in [5, 5.41) is 2.90. The minimum absolute atomic E-state index is 0.0944. The first-order valence-corrected chi connectivity index (χ1v) is 9.94. The van der Waals surface area contributed by atoms with Crippen molar-refractivity contribution in [3.63, 3.8) is 0 Å². The number of amides is 1. The summed E-state index contributed by atoms with van der Waals surface area (Å²) in [6.45, 7) is 6.07. The molecule has 1 aliphatic heterocycles. The first-order valence-electron chi connectivity index (χ1n) is 9.94. The van der Waals surface area contributed by atoms with E-state index >= 15 is 0 Å². The monoisotopic (exact) mass is 387 g/mol. The second-order valence-electron chi connectivity index (χ2n) is 8.62. The summed E-state index contributed by atoms with van der Waals surface area (Å²) in [6.07, 6.45) is 2.85. The average Bonchev–Trinajstić information content (AvgIpc) is 2.67. The number of carbonyl (C=O) groups is 2. The molecule has 2 aliphatic rings. The van der Waals surface area contributed by atoms with Gasteiger partial charge < -0.3 is 5.32 Å². The maximum Gasteiger partial charge on any atom is 0.235 e. The molecule has 29 heavy (non-hydrogen) atoms. The van der Waals surface area contributed by atoms with Crippen LogP contribution in [-0.2, 0) is 9.59 Å². The van der Waals surface area contributed by atoms with Gasteiger partial charge in [0.2, 0.25) is 5.91 Å². The predicted molar refractivity (Wildman–Crippen MR) is 114 cm³/mol. The summed E-state index contributed by atoms with van der Waals surface area (Å²) in [6, 6.07) is 15.2. The molecule has 1 aromatic carbocycles. The number of hydrogen-bond acceptors (Lipinski definition) is 4. The molecule has 0 radical (unpaired) electrons. The lowest BCUT2D eigenvalue weighted by atomic mass is 9.66. The van der Waals surface area contributed by atoms with Gasteiger partial charge >= 0.3 is 0 Å². The average molecular weight is 387 g/mol. The molecule has 2 aromatic rings. The third-order valence-electron chi connectivity index (χ3n) is 5.66. The first kappa shape index (κ1) is 19.2. The van der Waals surface area contributed by atoms with E-state index in [1.807, 2.05) is 43.3 Å². The molecule has 1 amide bonds. The molecule has 0 saturated carbocycles. The molecule has 4 rings (SSSR count). The Hall–Kier alpha value is -3.08. The van der Waals surface area contributed by atoms with Crippen molar-refractivity contribution in [1.29, 1.82) is 0 Å². The summed E-state index contributed by atoms with van der Waals surface area (Å²) in [4.78, 5) is 35.5. The number of pyridine rings is 1. The van der Waals surface area contributed by atoms with E-state index in [0.717, 1.165) is 23.4 Å². The van der Waals surface area contributed by atoms with E-state index in [1.165, 1.54) is 0 Å². The van der Waals surface area contributed by atoms with Crippen molar-refractivity contribution in [2.24, 2.45) is 16.3 Å². The van der Waals surface area contributed by atoms with Crippen molar-refractivity contribution >= 4 is 23.2 Å². The van der Waals surface area contributed by atoms with Crippen LogP contribution >= 0.6 is 0 Å². The largest absolute Gasteiger partial charge is 0.310 e. The molecule has 5 heteroatoms. The van der Waals surface area contributed by atoms with Crippen LogP contribution in [0.4, 0.5) is 5.82 Å². The highest BCUT2D eigenvalue weighted by atomic mass is 16.2. The number of nitrogens with zero attached hydrogens (tertiary/aromatic N) is 2. The van der Waals surface area contributed by atoms with Gasteiger partial charge in [-0.2, -0.15) is 0 Å². The number of Topliss-reactive ketones (excluding diaryl/α,β-unsaturated/α-hetero) is 1. The normalized spacial score (nSPS) is 23.3. The van der Waals surface area contributed by atoms with E-state index in [2.05, 4.69) is 24.1 Å². The van der Waals surface area contributed by atoms with Crippen LogP contribution in [0.25, 0.3) is 0 Å². The summed E-state index contributed by atoms with van der Waals surface area (Å²) < 4.78 is 0. The maximum atomic E-state index is 13.3. The van der Waals surface area contributed by atoms with Crippen molar-refractivity contribution in [2.75, 3.05) is 5.32 Å². The number of nitrogens with one attached hydrogen (secondary N) is 1. The van der Waals surface area contributed by atoms with Gasteiger partial charge in [-0.15, -0.1) is 0 Å².